The maximum absolute atomic E-state index is 6.14. The largest absolute Gasteiger partial charge is 0.495 e. The van der Waals surface area contributed by atoms with E-state index in [2.05, 4.69) is 27.4 Å². The van der Waals surface area contributed by atoms with Crippen LogP contribution in [0.2, 0.25) is 5.02 Å². The van der Waals surface area contributed by atoms with Crippen molar-refractivity contribution >= 4 is 23.2 Å². The number of aliphatic imine (C=N–C) groups is 1. The van der Waals surface area contributed by atoms with Crippen LogP contribution in [0.3, 0.4) is 0 Å². The second-order valence-corrected chi connectivity index (χ2v) is 6.18. The SMILES string of the molecule is CCCCNC(=NC)NC1CCN(c2cc(Cl)ccc2OC)C1. The number of anilines is 1. The number of ether oxygens (including phenoxy) is 1. The summed E-state index contributed by atoms with van der Waals surface area (Å²) in [5.41, 5.74) is 1.05. The molecule has 0 radical (unpaired) electrons. The highest BCUT2D eigenvalue weighted by molar-refractivity contribution is 6.30. The van der Waals surface area contributed by atoms with Crippen LogP contribution >= 0.6 is 11.6 Å². The van der Waals surface area contributed by atoms with Crippen molar-refractivity contribution in [2.75, 3.05) is 38.7 Å². The summed E-state index contributed by atoms with van der Waals surface area (Å²) in [7, 11) is 3.51. The summed E-state index contributed by atoms with van der Waals surface area (Å²) >= 11 is 6.14. The fourth-order valence-electron chi connectivity index (χ4n) is 2.78. The molecular formula is C17H27ClN4O. The molecule has 1 fully saturated rings. The van der Waals surface area contributed by atoms with E-state index in [4.69, 9.17) is 16.3 Å². The zero-order valence-corrected chi connectivity index (χ0v) is 15.0. The Morgan fingerprint density at radius 1 is 1.48 bits per heavy atom. The van der Waals surface area contributed by atoms with Crippen LogP contribution < -0.4 is 20.3 Å². The quantitative estimate of drug-likeness (QED) is 0.476. The van der Waals surface area contributed by atoms with E-state index in [1.165, 1.54) is 6.42 Å². The molecule has 1 heterocycles. The average Bonchev–Trinajstić information content (AvgIpc) is 3.02. The van der Waals surface area contributed by atoms with Crippen LogP contribution in [-0.4, -0.2) is 45.8 Å². The van der Waals surface area contributed by atoms with Crippen molar-refractivity contribution < 1.29 is 4.74 Å². The van der Waals surface area contributed by atoms with Crippen LogP contribution in [0.1, 0.15) is 26.2 Å². The molecule has 0 bridgehead atoms. The van der Waals surface area contributed by atoms with Gasteiger partial charge in [-0.15, -0.1) is 0 Å². The van der Waals surface area contributed by atoms with Gasteiger partial charge in [0.1, 0.15) is 5.75 Å². The van der Waals surface area contributed by atoms with Crippen LogP contribution in [0.15, 0.2) is 23.2 Å². The molecule has 23 heavy (non-hydrogen) atoms. The lowest BCUT2D eigenvalue weighted by molar-refractivity contribution is 0.415. The second-order valence-electron chi connectivity index (χ2n) is 5.74. The standard InChI is InChI=1S/C17H27ClN4O/c1-4-5-9-20-17(19-2)21-14-8-10-22(12-14)15-11-13(18)6-7-16(15)23-3/h6-7,11,14H,4-5,8-10,12H2,1-3H3,(H2,19,20,21). The molecule has 1 saturated heterocycles. The highest BCUT2D eigenvalue weighted by atomic mass is 35.5. The number of guanidine groups is 1. The van der Waals surface area contributed by atoms with Gasteiger partial charge in [0.2, 0.25) is 0 Å². The highest BCUT2D eigenvalue weighted by Crippen LogP contribution is 2.33. The summed E-state index contributed by atoms with van der Waals surface area (Å²) < 4.78 is 5.46. The number of hydrogen-bond acceptors (Lipinski definition) is 3. The first kappa shape index (κ1) is 17.7. The Hall–Kier alpha value is -1.62. The van der Waals surface area contributed by atoms with Gasteiger partial charge < -0.3 is 20.3 Å². The van der Waals surface area contributed by atoms with E-state index >= 15 is 0 Å². The molecular weight excluding hydrogens is 312 g/mol. The molecule has 0 spiro atoms. The molecule has 5 nitrogen and oxygen atoms in total. The van der Waals surface area contributed by atoms with Gasteiger partial charge in [-0.2, -0.15) is 0 Å². The first-order valence-corrected chi connectivity index (χ1v) is 8.61. The zero-order chi connectivity index (χ0) is 16.7. The summed E-state index contributed by atoms with van der Waals surface area (Å²) in [6.45, 7) is 5.02. The number of hydrogen-bond donors (Lipinski definition) is 2. The van der Waals surface area contributed by atoms with Crippen molar-refractivity contribution in [1.29, 1.82) is 0 Å². The molecule has 0 aliphatic carbocycles. The number of rotatable bonds is 6. The molecule has 6 heteroatoms. The Kier molecular flexibility index (Phi) is 6.84. The summed E-state index contributed by atoms with van der Waals surface area (Å²) in [6.07, 6.45) is 3.39. The molecule has 2 rings (SSSR count). The van der Waals surface area contributed by atoms with Crippen molar-refractivity contribution in [1.82, 2.24) is 10.6 Å². The van der Waals surface area contributed by atoms with E-state index in [9.17, 15) is 0 Å². The Bertz CT molecular complexity index is 535. The Morgan fingerprint density at radius 3 is 3.00 bits per heavy atom. The molecule has 1 aromatic rings. The number of unbranched alkanes of at least 4 members (excludes halogenated alkanes) is 1. The van der Waals surface area contributed by atoms with Gasteiger partial charge in [0, 0.05) is 37.7 Å². The molecule has 0 saturated carbocycles. The van der Waals surface area contributed by atoms with E-state index in [0.29, 0.717) is 6.04 Å². The van der Waals surface area contributed by atoms with E-state index in [1.54, 1.807) is 7.11 Å². The van der Waals surface area contributed by atoms with Crippen LogP contribution in [0.25, 0.3) is 0 Å². The molecule has 1 unspecified atom stereocenters. The van der Waals surface area contributed by atoms with E-state index < -0.39 is 0 Å². The lowest BCUT2D eigenvalue weighted by atomic mass is 10.2. The molecule has 0 aromatic heterocycles. The maximum Gasteiger partial charge on any atom is 0.191 e. The van der Waals surface area contributed by atoms with Gasteiger partial charge in [-0.3, -0.25) is 4.99 Å². The summed E-state index contributed by atoms with van der Waals surface area (Å²) in [4.78, 5) is 6.61. The maximum atomic E-state index is 6.14. The molecule has 2 N–H and O–H groups in total. The lowest BCUT2D eigenvalue weighted by Gasteiger charge is -2.22. The summed E-state index contributed by atoms with van der Waals surface area (Å²) in [5.74, 6) is 1.74. The molecule has 1 aromatic carbocycles. The van der Waals surface area contributed by atoms with Crippen molar-refractivity contribution in [3.8, 4) is 5.75 Å². The first-order chi connectivity index (χ1) is 11.2. The Balaban J connectivity index is 1.94. The topological polar surface area (TPSA) is 48.9 Å². The van der Waals surface area contributed by atoms with Gasteiger partial charge in [-0.25, -0.2) is 0 Å². The number of nitrogens with zero attached hydrogens (tertiary/aromatic N) is 2. The minimum atomic E-state index is 0.367. The third-order valence-electron chi connectivity index (χ3n) is 4.06. The molecule has 1 aliphatic rings. The van der Waals surface area contributed by atoms with Gasteiger partial charge in [-0.1, -0.05) is 24.9 Å². The molecule has 1 aliphatic heterocycles. The van der Waals surface area contributed by atoms with Crippen LogP contribution in [0, 0.1) is 0 Å². The van der Waals surface area contributed by atoms with Gasteiger partial charge in [-0.05, 0) is 31.0 Å². The van der Waals surface area contributed by atoms with E-state index in [1.807, 2.05) is 25.2 Å². The normalized spacial score (nSPS) is 18.2. The van der Waals surface area contributed by atoms with Crippen molar-refractivity contribution in [2.45, 2.75) is 32.2 Å². The van der Waals surface area contributed by atoms with Crippen LogP contribution in [-0.2, 0) is 0 Å². The first-order valence-electron chi connectivity index (χ1n) is 8.23. The summed E-state index contributed by atoms with van der Waals surface area (Å²) in [6, 6.07) is 6.11. The second kappa shape index (κ2) is 8.87. The van der Waals surface area contributed by atoms with Crippen LogP contribution in [0.4, 0.5) is 5.69 Å². The average molecular weight is 339 g/mol. The predicted octanol–water partition coefficient (Wildman–Crippen LogP) is 2.89. The van der Waals surface area contributed by atoms with Crippen molar-refractivity contribution in [3.63, 3.8) is 0 Å². The van der Waals surface area contributed by atoms with E-state index in [0.717, 1.165) is 54.9 Å². The molecule has 0 amide bonds. The van der Waals surface area contributed by atoms with Crippen molar-refractivity contribution in [3.05, 3.63) is 23.2 Å². The fourth-order valence-corrected chi connectivity index (χ4v) is 2.95. The van der Waals surface area contributed by atoms with Gasteiger partial charge in [0.15, 0.2) is 5.96 Å². The highest BCUT2D eigenvalue weighted by Gasteiger charge is 2.25. The van der Waals surface area contributed by atoms with E-state index in [-0.39, 0.29) is 0 Å². The minimum absolute atomic E-state index is 0.367. The minimum Gasteiger partial charge on any atom is -0.495 e. The molecule has 1 atom stereocenters. The number of benzene rings is 1. The van der Waals surface area contributed by atoms with Gasteiger partial charge in [0.05, 0.1) is 12.8 Å². The van der Waals surface area contributed by atoms with Crippen molar-refractivity contribution in [2.24, 2.45) is 4.99 Å². The van der Waals surface area contributed by atoms with Gasteiger partial charge in [0.25, 0.3) is 0 Å². The summed E-state index contributed by atoms with van der Waals surface area (Å²) in [5, 5.41) is 7.59. The fraction of sp³-hybridized carbons (Fsp3) is 0.588. The molecule has 128 valence electrons. The zero-order valence-electron chi connectivity index (χ0n) is 14.2. The third-order valence-corrected chi connectivity index (χ3v) is 4.29. The van der Waals surface area contributed by atoms with Gasteiger partial charge >= 0.3 is 0 Å². The Labute approximate surface area is 144 Å². The Morgan fingerprint density at radius 2 is 2.30 bits per heavy atom. The lowest BCUT2D eigenvalue weighted by Crippen LogP contribution is -2.44. The third kappa shape index (κ3) is 4.93. The number of halogens is 1. The smallest absolute Gasteiger partial charge is 0.191 e. The number of methoxy groups -OCH3 is 1. The predicted molar refractivity (Wildman–Crippen MR) is 98.0 cm³/mol. The van der Waals surface area contributed by atoms with Crippen LogP contribution in [0.5, 0.6) is 5.75 Å². The number of nitrogens with one attached hydrogen (secondary N) is 2. The monoisotopic (exact) mass is 338 g/mol.